The van der Waals surface area contributed by atoms with Crippen LogP contribution < -0.4 is 14.6 Å². The van der Waals surface area contributed by atoms with Crippen LogP contribution in [0.25, 0.3) is 0 Å². The summed E-state index contributed by atoms with van der Waals surface area (Å²) in [6.07, 6.45) is 0. The van der Waals surface area contributed by atoms with Crippen LogP contribution in [0.4, 0.5) is 0 Å². The molecule has 0 radical (unpaired) electrons. The summed E-state index contributed by atoms with van der Waals surface area (Å²) >= 11 is 1.08. The van der Waals surface area contributed by atoms with Crippen molar-refractivity contribution in [1.82, 2.24) is 4.72 Å². The van der Waals surface area contributed by atoms with E-state index in [0.29, 0.717) is 12.4 Å². The molecule has 0 unspecified atom stereocenters. The maximum atomic E-state index is 11.4. The Morgan fingerprint density at radius 3 is 2.87 bits per heavy atom. The van der Waals surface area contributed by atoms with Gasteiger partial charge in [0.15, 0.2) is 0 Å². The summed E-state index contributed by atoms with van der Waals surface area (Å²) in [5, 5.41) is 6.30. The van der Waals surface area contributed by atoms with Crippen molar-refractivity contribution in [2.45, 2.75) is 6.92 Å². The fourth-order valence-corrected chi connectivity index (χ4v) is 2.06. The third-order valence-corrected chi connectivity index (χ3v) is 2.73. The van der Waals surface area contributed by atoms with E-state index in [2.05, 4.69) is 5.14 Å². The molecule has 0 bridgehead atoms. The van der Waals surface area contributed by atoms with Gasteiger partial charge in [-0.05, 0) is 18.4 Å². The number of carbonyl (C=O) groups is 1. The molecule has 0 saturated heterocycles. The van der Waals surface area contributed by atoms with Gasteiger partial charge in [-0.1, -0.05) is 0 Å². The van der Waals surface area contributed by atoms with Gasteiger partial charge < -0.3 is 4.74 Å². The fraction of sp³-hybridized carbons (Fsp3) is 0.286. The van der Waals surface area contributed by atoms with Crippen molar-refractivity contribution in [2.75, 3.05) is 6.61 Å². The van der Waals surface area contributed by atoms with E-state index in [1.165, 1.54) is 0 Å². The normalized spacial score (nSPS) is 11.1. The van der Waals surface area contributed by atoms with Crippen molar-refractivity contribution in [3.63, 3.8) is 0 Å². The molecule has 0 atom stereocenters. The zero-order valence-electron chi connectivity index (χ0n) is 7.89. The first kappa shape index (κ1) is 12.0. The molecule has 15 heavy (non-hydrogen) atoms. The fourth-order valence-electron chi connectivity index (χ4n) is 0.908. The Kier molecular flexibility index (Phi) is 3.66. The van der Waals surface area contributed by atoms with Gasteiger partial charge in [0, 0.05) is 0 Å². The van der Waals surface area contributed by atoms with Gasteiger partial charge in [-0.25, -0.2) is 9.86 Å². The molecule has 1 amide bonds. The number of hydrogen-bond donors (Lipinski definition) is 2. The lowest BCUT2D eigenvalue weighted by Crippen LogP contribution is -2.35. The summed E-state index contributed by atoms with van der Waals surface area (Å²) in [6.45, 7) is 2.16. The van der Waals surface area contributed by atoms with E-state index in [4.69, 9.17) is 4.74 Å². The summed E-state index contributed by atoms with van der Waals surface area (Å²) in [5.41, 5.74) is 0. The quantitative estimate of drug-likeness (QED) is 0.790. The topological polar surface area (TPSA) is 98.5 Å². The summed E-state index contributed by atoms with van der Waals surface area (Å²) in [4.78, 5) is 11.6. The van der Waals surface area contributed by atoms with Crippen LogP contribution in [-0.2, 0) is 10.2 Å². The molecule has 0 aliphatic carbocycles. The van der Waals surface area contributed by atoms with Gasteiger partial charge in [-0.15, -0.1) is 11.3 Å². The highest BCUT2D eigenvalue weighted by atomic mass is 32.2. The number of thiophene rings is 1. The van der Waals surface area contributed by atoms with Gasteiger partial charge in [0.05, 0.1) is 6.61 Å². The van der Waals surface area contributed by atoms with Crippen molar-refractivity contribution in [2.24, 2.45) is 5.14 Å². The smallest absolute Gasteiger partial charge is 0.299 e. The van der Waals surface area contributed by atoms with Gasteiger partial charge in [0.25, 0.3) is 16.1 Å². The molecule has 1 aromatic heterocycles. The van der Waals surface area contributed by atoms with Crippen LogP contribution in [0.5, 0.6) is 5.75 Å². The van der Waals surface area contributed by atoms with E-state index in [1.807, 2.05) is 0 Å². The van der Waals surface area contributed by atoms with Gasteiger partial charge in [-0.2, -0.15) is 8.42 Å². The van der Waals surface area contributed by atoms with Crippen molar-refractivity contribution in [3.05, 3.63) is 16.3 Å². The Bertz CT molecular complexity index is 451. The molecule has 3 N–H and O–H groups in total. The van der Waals surface area contributed by atoms with Crippen molar-refractivity contribution >= 4 is 27.5 Å². The molecule has 0 fully saturated rings. The summed E-state index contributed by atoms with van der Waals surface area (Å²) in [6, 6.07) is 1.59. The van der Waals surface area contributed by atoms with Crippen LogP contribution in [-0.4, -0.2) is 20.9 Å². The molecule has 6 nitrogen and oxygen atoms in total. The van der Waals surface area contributed by atoms with E-state index in [9.17, 15) is 13.2 Å². The maximum Gasteiger partial charge on any atom is 0.299 e. The Morgan fingerprint density at radius 2 is 2.33 bits per heavy atom. The second-order valence-corrected chi connectivity index (χ2v) is 4.73. The number of hydrogen-bond acceptors (Lipinski definition) is 5. The summed E-state index contributed by atoms with van der Waals surface area (Å²) in [7, 11) is -4.03. The first-order valence-electron chi connectivity index (χ1n) is 3.99. The number of nitrogens with two attached hydrogens (primary N) is 1. The van der Waals surface area contributed by atoms with E-state index in [-0.39, 0.29) is 4.88 Å². The van der Waals surface area contributed by atoms with E-state index in [0.717, 1.165) is 11.3 Å². The van der Waals surface area contributed by atoms with Crippen molar-refractivity contribution in [1.29, 1.82) is 0 Å². The first-order chi connectivity index (χ1) is 6.94. The van der Waals surface area contributed by atoms with Crippen molar-refractivity contribution < 1.29 is 17.9 Å². The molecule has 0 spiro atoms. The number of ether oxygens (including phenoxy) is 1. The van der Waals surface area contributed by atoms with Crippen molar-refractivity contribution in [3.8, 4) is 5.75 Å². The summed E-state index contributed by atoms with van der Waals surface area (Å²) in [5.74, 6) is -0.431. The third kappa shape index (κ3) is 3.50. The minimum absolute atomic E-state index is 0.186. The standard InChI is InChI=1S/C7H10N2O4S2/c1-2-13-5-3-4-14-6(5)7(10)9-15(8,11)12/h3-4H,2H2,1H3,(H,9,10)(H2,8,11,12). The lowest BCUT2D eigenvalue weighted by Gasteiger charge is -2.04. The number of nitrogens with one attached hydrogen (secondary N) is 1. The molecular weight excluding hydrogens is 240 g/mol. The third-order valence-electron chi connectivity index (χ3n) is 1.37. The van der Waals surface area contributed by atoms with Gasteiger partial charge in [0.1, 0.15) is 10.6 Å². The highest BCUT2D eigenvalue weighted by Crippen LogP contribution is 2.24. The van der Waals surface area contributed by atoms with Gasteiger partial charge in [0.2, 0.25) is 0 Å². The van der Waals surface area contributed by atoms with Crippen LogP contribution in [0.2, 0.25) is 0 Å². The molecular formula is C7H10N2O4S2. The monoisotopic (exact) mass is 250 g/mol. The molecule has 84 valence electrons. The van der Waals surface area contributed by atoms with Crippen LogP contribution >= 0.6 is 11.3 Å². The zero-order valence-corrected chi connectivity index (χ0v) is 9.52. The molecule has 1 aromatic rings. The molecule has 0 saturated carbocycles. The average Bonchev–Trinajstić information content (AvgIpc) is 2.49. The maximum absolute atomic E-state index is 11.4. The molecule has 8 heteroatoms. The van der Waals surface area contributed by atoms with Crippen LogP contribution in [0.1, 0.15) is 16.6 Å². The SMILES string of the molecule is CCOc1ccsc1C(=O)NS(N)(=O)=O. The van der Waals surface area contributed by atoms with E-state index in [1.54, 1.807) is 23.1 Å². The average molecular weight is 250 g/mol. The van der Waals surface area contributed by atoms with Crippen LogP contribution in [0, 0.1) is 0 Å². The minimum atomic E-state index is -4.03. The summed E-state index contributed by atoms with van der Waals surface area (Å²) < 4.78 is 28.0. The highest BCUT2D eigenvalue weighted by molar-refractivity contribution is 7.87. The molecule has 1 rings (SSSR count). The lowest BCUT2D eigenvalue weighted by atomic mass is 10.4. The molecule has 0 aliphatic heterocycles. The number of rotatable bonds is 4. The Labute approximate surface area is 91.2 Å². The predicted molar refractivity (Wildman–Crippen MR) is 56.1 cm³/mol. The van der Waals surface area contributed by atoms with Crippen LogP contribution in [0.15, 0.2) is 11.4 Å². The van der Waals surface area contributed by atoms with Gasteiger partial charge in [-0.3, -0.25) is 4.79 Å². The second kappa shape index (κ2) is 4.60. The minimum Gasteiger partial charge on any atom is -0.492 e. The largest absolute Gasteiger partial charge is 0.492 e. The Morgan fingerprint density at radius 1 is 1.67 bits per heavy atom. The zero-order chi connectivity index (χ0) is 11.5. The second-order valence-electron chi connectivity index (χ2n) is 2.52. The lowest BCUT2D eigenvalue weighted by molar-refractivity contribution is 0.0982. The Hall–Kier alpha value is -1.12. The highest BCUT2D eigenvalue weighted by Gasteiger charge is 2.17. The van der Waals surface area contributed by atoms with Gasteiger partial charge >= 0.3 is 0 Å². The molecule has 0 aliphatic rings. The van der Waals surface area contributed by atoms with Crippen LogP contribution in [0.3, 0.4) is 0 Å². The Balaban J connectivity index is 2.87. The number of amides is 1. The van der Waals surface area contributed by atoms with E-state index >= 15 is 0 Å². The molecule has 1 heterocycles. The molecule has 0 aromatic carbocycles. The number of carbonyl (C=O) groups excluding carboxylic acids is 1. The predicted octanol–water partition coefficient (Wildman–Crippen LogP) is 0.0801. The first-order valence-corrected chi connectivity index (χ1v) is 6.41. The van der Waals surface area contributed by atoms with E-state index < -0.39 is 16.1 Å².